The van der Waals surface area contributed by atoms with E-state index in [0.29, 0.717) is 33.5 Å². The molecule has 230 valence electrons. The van der Waals surface area contributed by atoms with Gasteiger partial charge in [0.15, 0.2) is 0 Å². The van der Waals surface area contributed by atoms with Crippen molar-refractivity contribution in [3.63, 3.8) is 0 Å². The van der Waals surface area contributed by atoms with Crippen molar-refractivity contribution in [2.75, 3.05) is 13.2 Å². The van der Waals surface area contributed by atoms with Gasteiger partial charge in [-0.25, -0.2) is 9.02 Å². The third kappa shape index (κ3) is 7.83. The summed E-state index contributed by atoms with van der Waals surface area (Å²) in [7, 11) is 0. The third-order valence-corrected chi connectivity index (χ3v) is 6.96. The number of ether oxygens (including phenoxy) is 3. The molecule has 0 radical (unpaired) electrons. The van der Waals surface area contributed by atoms with Crippen molar-refractivity contribution < 1.29 is 33.1 Å². The van der Waals surface area contributed by atoms with Crippen LogP contribution in [0.1, 0.15) is 23.6 Å². The highest BCUT2D eigenvalue weighted by Gasteiger charge is 2.20. The Kier molecular flexibility index (Phi) is 11.5. The number of hydrogen-bond donors (Lipinski definition) is 2. The summed E-state index contributed by atoms with van der Waals surface area (Å²) < 4.78 is 37.4. The van der Waals surface area contributed by atoms with Crippen LogP contribution in [0.4, 0.5) is 4.39 Å². The first-order chi connectivity index (χ1) is 21.0. The monoisotopic (exact) mass is 641 g/mol. The number of halogens is 3. The minimum atomic E-state index is -0.940. The van der Waals surface area contributed by atoms with Crippen LogP contribution in [0, 0.1) is 5.82 Å². The zero-order valence-electron chi connectivity index (χ0n) is 23.7. The number of nitrogens with zero attached hydrogens (tertiary/aromatic N) is 2. The van der Waals surface area contributed by atoms with Crippen LogP contribution in [0.15, 0.2) is 83.5 Å². The summed E-state index contributed by atoms with van der Waals surface area (Å²) in [5, 5.41) is 20.6. The van der Waals surface area contributed by atoms with Gasteiger partial charge in [-0.2, -0.15) is 0 Å². The van der Waals surface area contributed by atoms with Crippen LogP contribution in [0.3, 0.4) is 0 Å². The Balaban J connectivity index is 0.00000442. The van der Waals surface area contributed by atoms with Gasteiger partial charge in [-0.15, -0.1) is 12.4 Å². The lowest BCUT2D eigenvalue weighted by atomic mass is 10.0. The molecule has 0 fully saturated rings. The first-order valence-electron chi connectivity index (χ1n) is 13.6. The van der Waals surface area contributed by atoms with Crippen molar-refractivity contribution >= 4 is 41.0 Å². The van der Waals surface area contributed by atoms with Gasteiger partial charge in [0.05, 0.1) is 18.2 Å². The maximum Gasteiger partial charge on any atom is 0.325 e. The molecule has 1 aromatic heterocycles. The molecule has 5 aromatic rings. The second-order valence-electron chi connectivity index (χ2n) is 9.57. The molecule has 0 unspecified atom stereocenters. The van der Waals surface area contributed by atoms with Gasteiger partial charge < -0.3 is 19.3 Å². The van der Waals surface area contributed by atoms with Crippen LogP contribution in [-0.2, 0) is 29.3 Å². The highest BCUT2D eigenvalue weighted by atomic mass is 35.5. The molecule has 0 bridgehead atoms. The largest absolute Gasteiger partial charge is 0.488 e. The zero-order valence-corrected chi connectivity index (χ0v) is 25.2. The minimum Gasteiger partial charge on any atom is -0.488 e. The lowest BCUT2D eigenvalue weighted by molar-refractivity contribution is -0.146. The number of aliphatic hydroxyl groups is 1. The summed E-state index contributed by atoms with van der Waals surface area (Å²) in [5.74, 6) is -0.267. The molecule has 0 saturated heterocycles. The number of nitrogens with one attached hydrogen (secondary N) is 1. The predicted octanol–water partition coefficient (Wildman–Crippen LogP) is 6.28. The fraction of sp³-hybridized carbons (Fsp3) is 0.219. The van der Waals surface area contributed by atoms with Crippen molar-refractivity contribution in [2.24, 2.45) is 0 Å². The van der Waals surface area contributed by atoms with E-state index in [9.17, 15) is 9.90 Å². The van der Waals surface area contributed by atoms with Crippen LogP contribution in [0.2, 0.25) is 5.02 Å². The van der Waals surface area contributed by atoms with E-state index < -0.39 is 18.6 Å². The molecule has 1 heterocycles. The second-order valence-corrected chi connectivity index (χ2v) is 9.98. The Morgan fingerprint density at radius 2 is 1.73 bits per heavy atom. The van der Waals surface area contributed by atoms with Crippen LogP contribution < -0.4 is 14.8 Å². The Morgan fingerprint density at radius 3 is 2.50 bits per heavy atom. The quantitative estimate of drug-likeness (QED) is 0.143. The van der Waals surface area contributed by atoms with Gasteiger partial charge >= 0.3 is 5.97 Å². The molecule has 0 saturated carbocycles. The molecular formula is C32H30Cl2FN3O6. The average Bonchev–Trinajstić information content (AvgIpc) is 3.49. The topological polar surface area (TPSA) is 116 Å². The standard InChI is InChI=1S/C32H29ClFN3O6.ClH/c1-2-40-32(39)28(17-38)35-16-23-14-25(33)30(15-29(23)41-18-20-11-12-26-27(13-20)37-43-36-26)42-19-22-9-6-10-24(31(22)34)21-7-4-3-5-8-21;/h3-15,28,35,38H,2,16-19H2,1H3;1H/t28-;/m1./s1. The van der Waals surface area contributed by atoms with Crippen molar-refractivity contribution in [3.8, 4) is 22.6 Å². The Labute approximate surface area is 264 Å². The predicted molar refractivity (Wildman–Crippen MR) is 165 cm³/mol. The van der Waals surface area contributed by atoms with E-state index >= 15 is 4.39 Å². The van der Waals surface area contributed by atoms with Gasteiger partial charge in [0, 0.05) is 29.3 Å². The van der Waals surface area contributed by atoms with E-state index in [1.165, 1.54) is 0 Å². The van der Waals surface area contributed by atoms with E-state index in [2.05, 4.69) is 15.6 Å². The molecule has 2 N–H and O–H groups in total. The van der Waals surface area contributed by atoms with Crippen LogP contribution in [-0.4, -0.2) is 40.6 Å². The van der Waals surface area contributed by atoms with Gasteiger partial charge in [-0.3, -0.25) is 10.1 Å². The summed E-state index contributed by atoms with van der Waals surface area (Å²) in [6.45, 7) is 1.62. The van der Waals surface area contributed by atoms with Crippen molar-refractivity contribution in [3.05, 3.63) is 106 Å². The number of hydrogen-bond acceptors (Lipinski definition) is 9. The number of benzene rings is 4. The summed E-state index contributed by atoms with van der Waals surface area (Å²) in [6, 6.07) is 22.1. The number of aliphatic hydroxyl groups excluding tert-OH is 1. The smallest absolute Gasteiger partial charge is 0.325 e. The zero-order chi connectivity index (χ0) is 30.2. The van der Waals surface area contributed by atoms with Crippen molar-refractivity contribution in [2.45, 2.75) is 32.7 Å². The molecular weight excluding hydrogens is 612 g/mol. The van der Waals surface area contributed by atoms with Gasteiger partial charge in [0.2, 0.25) is 0 Å². The molecule has 9 nitrogen and oxygen atoms in total. The molecule has 4 aromatic carbocycles. The third-order valence-electron chi connectivity index (χ3n) is 6.67. The van der Waals surface area contributed by atoms with Crippen LogP contribution in [0.5, 0.6) is 11.5 Å². The summed E-state index contributed by atoms with van der Waals surface area (Å²) in [4.78, 5) is 12.2. The first-order valence-corrected chi connectivity index (χ1v) is 14.0. The summed E-state index contributed by atoms with van der Waals surface area (Å²) in [5.41, 5.74) is 4.20. The summed E-state index contributed by atoms with van der Waals surface area (Å²) >= 11 is 6.60. The number of fused-ring (bicyclic) bond motifs is 1. The van der Waals surface area contributed by atoms with Gasteiger partial charge in [0.25, 0.3) is 0 Å². The number of esters is 1. The van der Waals surface area contributed by atoms with Crippen molar-refractivity contribution in [1.82, 2.24) is 15.6 Å². The Morgan fingerprint density at radius 1 is 0.955 bits per heavy atom. The average molecular weight is 643 g/mol. The highest BCUT2D eigenvalue weighted by molar-refractivity contribution is 6.32. The summed E-state index contributed by atoms with van der Waals surface area (Å²) in [6.07, 6.45) is 0. The van der Waals surface area contributed by atoms with E-state index in [0.717, 1.165) is 11.1 Å². The van der Waals surface area contributed by atoms with Gasteiger partial charge in [-0.05, 0) is 46.6 Å². The SMILES string of the molecule is CCOC(=O)[C@@H](CO)NCc1cc(Cl)c(OCc2cccc(-c3ccccc3)c2F)cc1OCc1ccc2nonc2c1.Cl. The van der Waals surface area contributed by atoms with Gasteiger partial charge in [-0.1, -0.05) is 66.2 Å². The molecule has 0 aliphatic rings. The maximum absolute atomic E-state index is 15.4. The van der Waals surface area contributed by atoms with E-state index in [-0.39, 0.29) is 55.4 Å². The normalized spacial score (nSPS) is 11.5. The molecule has 5 rings (SSSR count). The fourth-order valence-corrected chi connectivity index (χ4v) is 4.66. The lowest BCUT2D eigenvalue weighted by Crippen LogP contribution is -2.40. The van der Waals surface area contributed by atoms with Gasteiger partial charge in [0.1, 0.15) is 47.6 Å². The molecule has 44 heavy (non-hydrogen) atoms. The number of carbonyl (C=O) groups excluding carboxylic acids is 1. The van der Waals surface area contributed by atoms with E-state index in [1.807, 2.05) is 36.4 Å². The van der Waals surface area contributed by atoms with Crippen LogP contribution >= 0.6 is 24.0 Å². The molecule has 0 aliphatic carbocycles. The fourth-order valence-electron chi connectivity index (χ4n) is 4.42. The highest BCUT2D eigenvalue weighted by Crippen LogP contribution is 2.35. The van der Waals surface area contributed by atoms with E-state index in [1.54, 1.807) is 49.4 Å². The molecule has 0 aliphatic heterocycles. The molecule has 0 amide bonds. The van der Waals surface area contributed by atoms with E-state index in [4.69, 9.17) is 30.4 Å². The molecule has 12 heteroatoms. The minimum absolute atomic E-state index is 0. The Hall–Kier alpha value is -4.22. The maximum atomic E-state index is 15.4. The Bertz CT molecular complexity index is 1700. The number of rotatable bonds is 13. The van der Waals surface area contributed by atoms with Crippen LogP contribution in [0.25, 0.3) is 22.2 Å². The number of carbonyl (C=O) groups is 1. The second kappa shape index (κ2) is 15.5. The molecule has 0 spiro atoms. The van der Waals surface area contributed by atoms with Crippen molar-refractivity contribution in [1.29, 1.82) is 0 Å². The number of aromatic nitrogens is 2. The lowest BCUT2D eigenvalue weighted by Gasteiger charge is -2.19. The molecule has 1 atom stereocenters. The first kappa shape index (κ1) is 32.7.